The second-order valence-electron chi connectivity index (χ2n) is 4.70. The molecule has 1 amide bonds. The molecule has 0 aliphatic carbocycles. The van der Waals surface area contributed by atoms with Crippen LogP contribution in [-0.4, -0.2) is 21.9 Å². The van der Waals surface area contributed by atoms with Gasteiger partial charge in [-0.3, -0.25) is 10.1 Å². The molecule has 8 heteroatoms. The molecule has 0 fully saturated rings. The Labute approximate surface area is 155 Å². The highest BCUT2D eigenvalue weighted by molar-refractivity contribution is 9.10. The fourth-order valence-electron chi connectivity index (χ4n) is 1.85. The molecule has 1 aromatic heterocycles. The predicted octanol–water partition coefficient (Wildman–Crippen LogP) is 4.64. The van der Waals surface area contributed by atoms with Crippen LogP contribution in [0.3, 0.4) is 0 Å². The van der Waals surface area contributed by atoms with E-state index in [2.05, 4.69) is 30.6 Å². The fourth-order valence-corrected chi connectivity index (χ4v) is 2.91. The molecule has 0 spiro atoms. The third kappa shape index (κ3) is 4.31. The summed E-state index contributed by atoms with van der Waals surface area (Å²) in [6.07, 6.45) is 0. The number of anilines is 1. The number of hydrogen-bond donors (Lipinski definition) is 1. The van der Waals surface area contributed by atoms with Gasteiger partial charge in [-0.05, 0) is 24.3 Å². The van der Waals surface area contributed by atoms with E-state index >= 15 is 0 Å². The second-order valence-corrected chi connectivity index (χ2v) is 6.77. The number of amides is 1. The molecule has 1 heterocycles. The van der Waals surface area contributed by atoms with Crippen molar-refractivity contribution < 1.29 is 9.53 Å². The number of carbonyl (C=O) groups is 1. The quantitative estimate of drug-likeness (QED) is 0.648. The van der Waals surface area contributed by atoms with Gasteiger partial charge < -0.3 is 4.74 Å². The van der Waals surface area contributed by atoms with E-state index in [0.717, 1.165) is 21.6 Å². The van der Waals surface area contributed by atoms with Gasteiger partial charge in [0.15, 0.2) is 12.4 Å². The van der Waals surface area contributed by atoms with Gasteiger partial charge in [0.1, 0.15) is 5.75 Å². The van der Waals surface area contributed by atoms with Gasteiger partial charge in [-0.15, -0.1) is 0 Å². The molecular weight excluding hydrogens is 414 g/mol. The minimum atomic E-state index is -0.326. The molecule has 0 bridgehead atoms. The highest BCUT2D eigenvalue weighted by Crippen LogP contribution is 2.24. The topological polar surface area (TPSA) is 64.1 Å². The molecule has 0 saturated heterocycles. The lowest BCUT2D eigenvalue weighted by molar-refractivity contribution is -0.118. The molecule has 122 valence electrons. The van der Waals surface area contributed by atoms with Crippen LogP contribution >= 0.6 is 39.1 Å². The maximum Gasteiger partial charge on any atom is 0.264 e. The number of hydrogen-bond acceptors (Lipinski definition) is 5. The third-order valence-corrected chi connectivity index (χ3v) is 4.44. The third-order valence-electron chi connectivity index (χ3n) is 2.97. The van der Waals surface area contributed by atoms with Crippen LogP contribution in [0.1, 0.15) is 0 Å². The van der Waals surface area contributed by atoms with Crippen LogP contribution in [0, 0.1) is 0 Å². The molecule has 0 aliphatic rings. The number of nitrogens with zero attached hydrogens (tertiary/aromatic N) is 2. The van der Waals surface area contributed by atoms with Crippen LogP contribution in [0.25, 0.3) is 11.4 Å². The van der Waals surface area contributed by atoms with E-state index in [1.54, 1.807) is 24.3 Å². The van der Waals surface area contributed by atoms with E-state index in [1.165, 1.54) is 0 Å². The first-order valence-corrected chi connectivity index (χ1v) is 8.83. The van der Waals surface area contributed by atoms with E-state index < -0.39 is 0 Å². The Morgan fingerprint density at radius 1 is 1.21 bits per heavy atom. The van der Waals surface area contributed by atoms with Crippen molar-refractivity contribution in [3.63, 3.8) is 0 Å². The summed E-state index contributed by atoms with van der Waals surface area (Å²) < 4.78 is 10.6. The molecule has 1 N–H and O–H groups in total. The van der Waals surface area contributed by atoms with E-state index in [1.807, 2.05) is 24.3 Å². The van der Waals surface area contributed by atoms with Gasteiger partial charge in [0.2, 0.25) is 5.13 Å². The van der Waals surface area contributed by atoms with Gasteiger partial charge in [0, 0.05) is 21.6 Å². The van der Waals surface area contributed by atoms with Crippen molar-refractivity contribution >= 4 is 50.1 Å². The van der Waals surface area contributed by atoms with Gasteiger partial charge in [-0.1, -0.05) is 51.8 Å². The first-order chi connectivity index (χ1) is 11.6. The lowest BCUT2D eigenvalue weighted by atomic mass is 10.2. The van der Waals surface area contributed by atoms with Crippen molar-refractivity contribution in [3.8, 4) is 17.1 Å². The number of carbonyl (C=O) groups excluding carboxylic acids is 1. The lowest BCUT2D eigenvalue weighted by Gasteiger charge is -2.06. The molecular formula is C16H11BrClN3O2S. The number of halogens is 2. The highest BCUT2D eigenvalue weighted by Gasteiger charge is 2.11. The van der Waals surface area contributed by atoms with E-state index in [9.17, 15) is 4.79 Å². The number of ether oxygens (including phenoxy) is 1. The maximum absolute atomic E-state index is 11.9. The summed E-state index contributed by atoms with van der Waals surface area (Å²) in [5, 5.41) is 3.54. The van der Waals surface area contributed by atoms with Gasteiger partial charge >= 0.3 is 0 Å². The lowest BCUT2D eigenvalue weighted by Crippen LogP contribution is -2.20. The Morgan fingerprint density at radius 3 is 2.71 bits per heavy atom. The first-order valence-electron chi connectivity index (χ1n) is 6.88. The summed E-state index contributed by atoms with van der Waals surface area (Å²) in [5.74, 6) is 0.699. The second kappa shape index (κ2) is 7.74. The number of aromatic nitrogens is 2. The monoisotopic (exact) mass is 423 g/mol. The first kappa shape index (κ1) is 16.9. The molecule has 2 aromatic carbocycles. The fraction of sp³-hybridized carbons (Fsp3) is 0.0625. The molecule has 24 heavy (non-hydrogen) atoms. The predicted molar refractivity (Wildman–Crippen MR) is 98.6 cm³/mol. The van der Waals surface area contributed by atoms with Crippen LogP contribution in [0.5, 0.6) is 5.75 Å². The molecule has 0 aliphatic heterocycles. The number of para-hydroxylation sites is 1. The Bertz CT molecular complexity index is 855. The van der Waals surface area contributed by atoms with Crippen molar-refractivity contribution in [1.29, 1.82) is 0 Å². The molecule has 5 nitrogen and oxygen atoms in total. The zero-order valence-electron chi connectivity index (χ0n) is 12.2. The largest absolute Gasteiger partial charge is 0.482 e. The summed E-state index contributed by atoms with van der Waals surface area (Å²) in [6, 6.07) is 14.6. The number of benzene rings is 2. The van der Waals surface area contributed by atoms with Crippen molar-refractivity contribution in [1.82, 2.24) is 9.36 Å². The number of rotatable bonds is 5. The van der Waals surface area contributed by atoms with E-state index in [4.69, 9.17) is 16.3 Å². The SMILES string of the molecule is O=C(COc1ccccc1Cl)Nc1nc(-c2ccc(Br)cc2)ns1. The number of nitrogens with one attached hydrogen (secondary N) is 1. The Balaban J connectivity index is 1.59. The molecule has 0 unspecified atom stereocenters. The van der Waals surface area contributed by atoms with Crippen LogP contribution in [0.15, 0.2) is 53.0 Å². The molecule has 0 saturated carbocycles. The van der Waals surface area contributed by atoms with E-state index in [-0.39, 0.29) is 12.5 Å². The van der Waals surface area contributed by atoms with Crippen LogP contribution in [-0.2, 0) is 4.79 Å². The molecule has 0 radical (unpaired) electrons. The zero-order chi connectivity index (χ0) is 16.9. The summed E-state index contributed by atoms with van der Waals surface area (Å²) >= 11 is 10.5. The summed E-state index contributed by atoms with van der Waals surface area (Å²) in [5.41, 5.74) is 0.877. The zero-order valence-corrected chi connectivity index (χ0v) is 15.4. The Kier molecular flexibility index (Phi) is 5.44. The Hall–Kier alpha value is -1.96. The molecule has 3 rings (SSSR count). The summed E-state index contributed by atoms with van der Waals surface area (Å²) in [7, 11) is 0. The van der Waals surface area contributed by atoms with Gasteiger partial charge in [-0.25, -0.2) is 0 Å². The van der Waals surface area contributed by atoms with Crippen molar-refractivity contribution in [3.05, 3.63) is 58.0 Å². The minimum absolute atomic E-state index is 0.156. The Morgan fingerprint density at radius 2 is 1.96 bits per heavy atom. The van der Waals surface area contributed by atoms with Crippen molar-refractivity contribution in [2.75, 3.05) is 11.9 Å². The highest BCUT2D eigenvalue weighted by atomic mass is 79.9. The normalized spacial score (nSPS) is 10.4. The molecule has 3 aromatic rings. The molecule has 0 atom stereocenters. The van der Waals surface area contributed by atoms with Crippen LogP contribution in [0.4, 0.5) is 5.13 Å². The minimum Gasteiger partial charge on any atom is -0.482 e. The van der Waals surface area contributed by atoms with Crippen LogP contribution in [0.2, 0.25) is 5.02 Å². The van der Waals surface area contributed by atoms with Crippen molar-refractivity contribution in [2.45, 2.75) is 0 Å². The average molecular weight is 425 g/mol. The maximum atomic E-state index is 11.9. The smallest absolute Gasteiger partial charge is 0.264 e. The van der Waals surface area contributed by atoms with Crippen molar-refractivity contribution in [2.24, 2.45) is 0 Å². The van der Waals surface area contributed by atoms with E-state index in [0.29, 0.717) is 21.7 Å². The standard InChI is InChI=1S/C16H11BrClN3O2S/c17-11-7-5-10(6-8-11)15-20-16(24-21-15)19-14(22)9-23-13-4-2-1-3-12(13)18/h1-8H,9H2,(H,19,20,21,22). The van der Waals surface area contributed by atoms with Crippen LogP contribution < -0.4 is 10.1 Å². The van der Waals surface area contributed by atoms with Gasteiger partial charge in [-0.2, -0.15) is 9.36 Å². The average Bonchev–Trinajstić information content (AvgIpc) is 3.03. The summed E-state index contributed by atoms with van der Waals surface area (Å²) in [4.78, 5) is 16.2. The summed E-state index contributed by atoms with van der Waals surface area (Å²) in [6.45, 7) is -0.156. The van der Waals surface area contributed by atoms with Gasteiger partial charge in [0.05, 0.1) is 5.02 Å². The van der Waals surface area contributed by atoms with Gasteiger partial charge in [0.25, 0.3) is 5.91 Å².